The minimum atomic E-state index is -0.565. The number of morpholine rings is 1. The van der Waals surface area contributed by atoms with Gasteiger partial charge in [-0.05, 0) is 40.2 Å². The molecule has 1 aliphatic heterocycles. The normalized spacial score (nSPS) is 16.7. The Labute approximate surface area is 132 Å². The molecule has 6 nitrogen and oxygen atoms in total. The fraction of sp³-hybridized carbons (Fsp3) is 0.750. The molecule has 0 saturated carbocycles. The van der Waals surface area contributed by atoms with Crippen LogP contribution in [-0.4, -0.2) is 61.9 Å². The summed E-state index contributed by atoms with van der Waals surface area (Å²) in [5, 5.41) is 0. The van der Waals surface area contributed by atoms with Crippen molar-refractivity contribution in [1.29, 1.82) is 0 Å². The van der Waals surface area contributed by atoms with Gasteiger partial charge in [-0.1, -0.05) is 0 Å². The van der Waals surface area contributed by atoms with Gasteiger partial charge in [-0.3, -0.25) is 4.90 Å². The lowest BCUT2D eigenvalue weighted by Gasteiger charge is -2.26. The number of carbonyl (C=O) groups is 2. The molecule has 1 heterocycles. The number of hydrogen-bond donors (Lipinski definition) is 0. The molecule has 0 atom stereocenters. The van der Waals surface area contributed by atoms with Crippen molar-refractivity contribution in [2.75, 3.05) is 39.5 Å². The molecular weight excluding hydrogens is 286 g/mol. The van der Waals surface area contributed by atoms with Gasteiger partial charge in [0.2, 0.25) is 0 Å². The van der Waals surface area contributed by atoms with Gasteiger partial charge < -0.3 is 14.2 Å². The largest absolute Gasteiger partial charge is 0.463 e. The zero-order chi connectivity index (χ0) is 16.4. The van der Waals surface area contributed by atoms with Gasteiger partial charge in [0, 0.05) is 25.2 Å². The average molecular weight is 313 g/mol. The molecule has 0 unspecified atom stereocenters. The lowest BCUT2D eigenvalue weighted by Crippen LogP contribution is -2.36. The van der Waals surface area contributed by atoms with E-state index in [1.54, 1.807) is 20.8 Å². The van der Waals surface area contributed by atoms with Crippen molar-refractivity contribution in [2.45, 2.75) is 39.2 Å². The van der Waals surface area contributed by atoms with Crippen molar-refractivity contribution in [3.63, 3.8) is 0 Å². The summed E-state index contributed by atoms with van der Waals surface area (Å²) in [5.74, 6) is -1.06. The van der Waals surface area contributed by atoms with Crippen molar-refractivity contribution in [3.05, 3.63) is 12.2 Å². The number of nitrogens with zero attached hydrogens (tertiary/aromatic N) is 1. The quantitative estimate of drug-likeness (QED) is 0.403. The molecule has 0 N–H and O–H groups in total. The van der Waals surface area contributed by atoms with E-state index in [0.717, 1.165) is 57.8 Å². The second kappa shape index (κ2) is 9.58. The maximum absolute atomic E-state index is 11.4. The van der Waals surface area contributed by atoms with E-state index in [1.165, 1.54) is 0 Å². The third kappa shape index (κ3) is 9.52. The van der Waals surface area contributed by atoms with E-state index in [-0.39, 0.29) is 0 Å². The summed E-state index contributed by atoms with van der Waals surface area (Å²) < 4.78 is 15.4. The van der Waals surface area contributed by atoms with Gasteiger partial charge in [0.1, 0.15) is 5.60 Å². The summed E-state index contributed by atoms with van der Waals surface area (Å²) in [6.45, 7) is 10.2. The first-order chi connectivity index (χ1) is 10.4. The lowest BCUT2D eigenvalue weighted by atomic mass is 10.2. The average Bonchev–Trinajstić information content (AvgIpc) is 2.44. The summed E-state index contributed by atoms with van der Waals surface area (Å²) in [5.41, 5.74) is -0.565. The molecule has 126 valence electrons. The van der Waals surface area contributed by atoms with Crippen LogP contribution in [0.1, 0.15) is 33.6 Å². The van der Waals surface area contributed by atoms with Crippen LogP contribution in [0.15, 0.2) is 12.2 Å². The maximum Gasteiger partial charge on any atom is 0.331 e. The van der Waals surface area contributed by atoms with Gasteiger partial charge in [-0.2, -0.15) is 0 Å². The van der Waals surface area contributed by atoms with Crippen LogP contribution in [0, 0.1) is 0 Å². The highest BCUT2D eigenvalue weighted by Crippen LogP contribution is 2.07. The number of ether oxygens (including phenoxy) is 3. The molecule has 22 heavy (non-hydrogen) atoms. The third-order valence-corrected chi connectivity index (χ3v) is 2.98. The number of rotatable bonds is 7. The molecule has 1 rings (SSSR count). The first kappa shape index (κ1) is 18.6. The highest BCUT2D eigenvalue weighted by molar-refractivity contribution is 5.91. The van der Waals surface area contributed by atoms with E-state index in [0.29, 0.717) is 6.61 Å². The molecule has 0 spiro atoms. The van der Waals surface area contributed by atoms with Crippen molar-refractivity contribution < 1.29 is 23.8 Å². The lowest BCUT2D eigenvalue weighted by molar-refractivity contribution is -0.149. The van der Waals surface area contributed by atoms with E-state index in [4.69, 9.17) is 14.2 Å². The number of carbonyl (C=O) groups excluding carboxylic acids is 2. The Morgan fingerprint density at radius 2 is 1.73 bits per heavy atom. The van der Waals surface area contributed by atoms with Gasteiger partial charge in [-0.25, -0.2) is 9.59 Å². The second-order valence-electron chi connectivity index (χ2n) is 6.20. The number of hydrogen-bond acceptors (Lipinski definition) is 6. The first-order valence-corrected chi connectivity index (χ1v) is 7.75. The predicted molar refractivity (Wildman–Crippen MR) is 82.4 cm³/mol. The van der Waals surface area contributed by atoms with Crippen molar-refractivity contribution in [2.24, 2.45) is 0 Å². The Balaban J connectivity index is 2.06. The Bertz CT molecular complexity index is 380. The molecule has 0 bridgehead atoms. The van der Waals surface area contributed by atoms with E-state index >= 15 is 0 Å². The molecule has 1 aliphatic rings. The molecule has 0 aromatic rings. The Hall–Kier alpha value is -1.40. The summed E-state index contributed by atoms with van der Waals surface area (Å²) in [6, 6.07) is 0. The predicted octanol–water partition coefficient (Wildman–Crippen LogP) is 1.54. The molecule has 0 aromatic heterocycles. The van der Waals surface area contributed by atoms with Crippen LogP contribution in [0.5, 0.6) is 0 Å². The van der Waals surface area contributed by atoms with Crippen molar-refractivity contribution >= 4 is 11.9 Å². The summed E-state index contributed by atoms with van der Waals surface area (Å²) in [6.07, 6.45) is 3.99. The van der Waals surface area contributed by atoms with Gasteiger partial charge >= 0.3 is 11.9 Å². The summed E-state index contributed by atoms with van der Waals surface area (Å²) in [4.78, 5) is 25.2. The molecule has 6 heteroatoms. The standard InChI is InChI=1S/C16H27NO5/c1-16(2,3)22-15(19)7-6-14(18)21-11-5-4-8-17-9-12-20-13-10-17/h6-7H,4-5,8-13H2,1-3H3/b7-6+. The fourth-order valence-corrected chi connectivity index (χ4v) is 1.95. The highest BCUT2D eigenvalue weighted by atomic mass is 16.6. The molecule has 0 aromatic carbocycles. The van der Waals surface area contributed by atoms with Crippen LogP contribution in [0.3, 0.4) is 0 Å². The van der Waals surface area contributed by atoms with Gasteiger partial charge in [-0.15, -0.1) is 0 Å². The third-order valence-electron chi connectivity index (χ3n) is 2.98. The van der Waals surface area contributed by atoms with Crippen LogP contribution in [0.2, 0.25) is 0 Å². The van der Waals surface area contributed by atoms with Crippen LogP contribution in [-0.2, 0) is 23.8 Å². The molecule has 0 amide bonds. The Morgan fingerprint density at radius 3 is 2.36 bits per heavy atom. The van der Waals surface area contributed by atoms with Crippen molar-refractivity contribution in [1.82, 2.24) is 4.90 Å². The van der Waals surface area contributed by atoms with Crippen LogP contribution in [0.4, 0.5) is 0 Å². The van der Waals surface area contributed by atoms with Gasteiger partial charge in [0.15, 0.2) is 0 Å². The Kier molecular flexibility index (Phi) is 8.12. The molecule has 1 fully saturated rings. The van der Waals surface area contributed by atoms with E-state index in [9.17, 15) is 9.59 Å². The molecule has 0 radical (unpaired) electrons. The van der Waals surface area contributed by atoms with Gasteiger partial charge in [0.25, 0.3) is 0 Å². The smallest absolute Gasteiger partial charge is 0.331 e. The number of esters is 2. The van der Waals surface area contributed by atoms with E-state index < -0.39 is 17.5 Å². The summed E-state index contributed by atoms with van der Waals surface area (Å²) >= 11 is 0. The minimum absolute atomic E-state index is 0.363. The summed E-state index contributed by atoms with van der Waals surface area (Å²) in [7, 11) is 0. The topological polar surface area (TPSA) is 65.1 Å². The highest BCUT2D eigenvalue weighted by Gasteiger charge is 2.14. The van der Waals surface area contributed by atoms with E-state index in [1.807, 2.05) is 0 Å². The number of unbranched alkanes of at least 4 members (excludes halogenated alkanes) is 1. The van der Waals surface area contributed by atoms with Crippen LogP contribution >= 0.6 is 0 Å². The van der Waals surface area contributed by atoms with Crippen LogP contribution < -0.4 is 0 Å². The molecule has 0 aliphatic carbocycles. The van der Waals surface area contributed by atoms with Crippen LogP contribution in [0.25, 0.3) is 0 Å². The Morgan fingerprint density at radius 1 is 1.09 bits per heavy atom. The van der Waals surface area contributed by atoms with Gasteiger partial charge in [0.05, 0.1) is 19.8 Å². The monoisotopic (exact) mass is 313 g/mol. The zero-order valence-corrected chi connectivity index (χ0v) is 13.8. The fourth-order valence-electron chi connectivity index (χ4n) is 1.95. The SMILES string of the molecule is CC(C)(C)OC(=O)/C=C/C(=O)OCCCCN1CCOCC1. The second-order valence-corrected chi connectivity index (χ2v) is 6.20. The first-order valence-electron chi connectivity index (χ1n) is 7.75. The van der Waals surface area contributed by atoms with Crippen molar-refractivity contribution in [3.8, 4) is 0 Å². The molecular formula is C16H27NO5. The molecule has 1 saturated heterocycles. The zero-order valence-electron chi connectivity index (χ0n) is 13.8. The minimum Gasteiger partial charge on any atom is -0.463 e. The maximum atomic E-state index is 11.4. The van der Waals surface area contributed by atoms with E-state index in [2.05, 4.69) is 4.90 Å².